The number of oxime groups is 1. The van der Waals surface area contributed by atoms with Gasteiger partial charge < -0.3 is 0 Å². The third-order valence-electron chi connectivity index (χ3n) is 2.34. The van der Waals surface area contributed by atoms with Crippen LogP contribution < -0.4 is 3.58 Å². The Morgan fingerprint density at radius 3 is 2.38 bits per heavy atom. The summed E-state index contributed by atoms with van der Waals surface area (Å²) in [4.78, 5) is 5.02. The monoisotopic (exact) mass is 323 g/mol. The van der Waals surface area contributed by atoms with Crippen molar-refractivity contribution in [2.24, 2.45) is 5.16 Å². The molecule has 1 heterocycles. The molecule has 0 N–H and O–H groups in total. The van der Waals surface area contributed by atoms with Crippen molar-refractivity contribution in [2.45, 2.75) is 30.6 Å². The molecule has 1 aliphatic heterocycles. The van der Waals surface area contributed by atoms with Crippen LogP contribution in [0.2, 0.25) is 3.43 Å². The van der Waals surface area contributed by atoms with Gasteiger partial charge in [0.2, 0.25) is 0 Å². The second-order valence-electron chi connectivity index (χ2n) is 5.07. The first-order valence-electron chi connectivity index (χ1n) is 5.62. The first-order valence-corrected chi connectivity index (χ1v) is 8.47. The van der Waals surface area contributed by atoms with Gasteiger partial charge in [-0.15, -0.1) is 0 Å². The van der Waals surface area contributed by atoms with Gasteiger partial charge in [0.25, 0.3) is 0 Å². The Morgan fingerprint density at radius 2 is 1.88 bits per heavy atom. The molecule has 0 fully saturated rings. The predicted molar refractivity (Wildman–Crippen MR) is 68.7 cm³/mol. The SMILES string of the molecule is C[C](C)(C)[Sn][c]1ccc(C2=NOCC2)cc1. The quantitative estimate of drug-likeness (QED) is 0.766. The second kappa shape index (κ2) is 4.78. The standard InChI is InChI=1S/C9H8NO.C4H9.Sn/c1-2-4-8(5-3-1)9-6-7-11-10-9;1-4(2)3;/h2-5H,6-7H2;1-3H3;. The summed E-state index contributed by atoms with van der Waals surface area (Å²) in [6.07, 6.45) is 0.943. The summed E-state index contributed by atoms with van der Waals surface area (Å²) in [6.45, 7) is 7.74. The van der Waals surface area contributed by atoms with Gasteiger partial charge >= 0.3 is 107 Å². The fourth-order valence-electron chi connectivity index (χ4n) is 1.69. The number of rotatable bonds is 2. The average molecular weight is 322 g/mol. The van der Waals surface area contributed by atoms with E-state index in [-0.39, 0.29) is 0 Å². The van der Waals surface area contributed by atoms with E-state index in [9.17, 15) is 0 Å². The first-order chi connectivity index (χ1) is 7.54. The molecule has 1 aromatic rings. The molecule has 0 atom stereocenters. The molecule has 84 valence electrons. The van der Waals surface area contributed by atoms with E-state index in [1.54, 1.807) is 3.58 Å². The van der Waals surface area contributed by atoms with Crippen LogP contribution in [0.1, 0.15) is 32.8 Å². The van der Waals surface area contributed by atoms with Crippen LogP contribution in [-0.4, -0.2) is 33.5 Å². The predicted octanol–water partition coefficient (Wildman–Crippen LogP) is 2.36. The summed E-state index contributed by atoms with van der Waals surface area (Å²) in [6, 6.07) is 8.92. The van der Waals surface area contributed by atoms with Gasteiger partial charge in [0, 0.05) is 0 Å². The molecular formula is C13H17NOSn. The molecule has 0 saturated heterocycles. The summed E-state index contributed by atoms with van der Waals surface area (Å²) in [5.74, 6) is 0. The van der Waals surface area contributed by atoms with Gasteiger partial charge in [0.15, 0.2) is 0 Å². The Labute approximate surface area is 107 Å². The van der Waals surface area contributed by atoms with Gasteiger partial charge in [0.05, 0.1) is 0 Å². The molecule has 0 bridgehead atoms. The van der Waals surface area contributed by atoms with Crippen LogP contribution in [0, 0.1) is 0 Å². The Bertz CT molecular complexity index is 389. The van der Waals surface area contributed by atoms with Gasteiger partial charge in [-0.05, 0) is 0 Å². The summed E-state index contributed by atoms with van der Waals surface area (Å²) < 4.78 is 2.07. The van der Waals surface area contributed by atoms with E-state index in [0.717, 1.165) is 18.7 Å². The molecule has 3 heteroatoms. The van der Waals surface area contributed by atoms with Crippen molar-refractivity contribution in [1.82, 2.24) is 0 Å². The number of hydrogen-bond acceptors (Lipinski definition) is 2. The molecule has 0 spiro atoms. The molecule has 2 nitrogen and oxygen atoms in total. The zero-order valence-corrected chi connectivity index (χ0v) is 12.9. The molecule has 0 aromatic heterocycles. The van der Waals surface area contributed by atoms with E-state index >= 15 is 0 Å². The van der Waals surface area contributed by atoms with Crippen LogP contribution in [0.25, 0.3) is 0 Å². The van der Waals surface area contributed by atoms with Gasteiger partial charge in [-0.3, -0.25) is 0 Å². The second-order valence-corrected chi connectivity index (χ2v) is 11.7. The first kappa shape index (κ1) is 12.0. The van der Waals surface area contributed by atoms with E-state index in [0.29, 0.717) is 3.43 Å². The maximum atomic E-state index is 5.02. The third kappa shape index (κ3) is 3.24. The minimum atomic E-state index is -0.470. The molecule has 2 radical (unpaired) electrons. The zero-order valence-electron chi connectivity index (χ0n) is 10.1. The van der Waals surface area contributed by atoms with E-state index < -0.39 is 21.1 Å². The van der Waals surface area contributed by atoms with Crippen molar-refractivity contribution < 1.29 is 4.84 Å². The van der Waals surface area contributed by atoms with Gasteiger partial charge in [-0.25, -0.2) is 0 Å². The minimum absolute atomic E-state index is 0.470. The van der Waals surface area contributed by atoms with Crippen LogP contribution in [0.15, 0.2) is 29.4 Å². The molecular weight excluding hydrogens is 305 g/mol. The number of hydrogen-bond donors (Lipinski definition) is 0. The van der Waals surface area contributed by atoms with E-state index in [2.05, 4.69) is 50.2 Å². The van der Waals surface area contributed by atoms with Crippen molar-refractivity contribution in [3.05, 3.63) is 29.8 Å². The van der Waals surface area contributed by atoms with Gasteiger partial charge in [-0.1, -0.05) is 0 Å². The van der Waals surface area contributed by atoms with E-state index in [4.69, 9.17) is 4.84 Å². The Kier molecular flexibility index (Phi) is 3.57. The van der Waals surface area contributed by atoms with E-state index in [1.807, 2.05) is 0 Å². The molecule has 0 aliphatic carbocycles. The van der Waals surface area contributed by atoms with Crippen molar-refractivity contribution in [3.8, 4) is 0 Å². The summed E-state index contributed by atoms with van der Waals surface area (Å²) in [5, 5.41) is 4.04. The summed E-state index contributed by atoms with van der Waals surface area (Å²) >= 11 is -0.470. The Balaban J connectivity index is 2.10. The summed E-state index contributed by atoms with van der Waals surface area (Å²) in [5.41, 5.74) is 2.31. The van der Waals surface area contributed by atoms with Crippen molar-refractivity contribution >= 4 is 30.4 Å². The van der Waals surface area contributed by atoms with Crippen LogP contribution >= 0.6 is 0 Å². The van der Waals surface area contributed by atoms with Crippen LogP contribution in [-0.2, 0) is 4.84 Å². The third-order valence-corrected chi connectivity index (χ3v) is 6.26. The normalized spacial score (nSPS) is 15.8. The number of benzene rings is 1. The summed E-state index contributed by atoms with van der Waals surface area (Å²) in [7, 11) is 0. The fraction of sp³-hybridized carbons (Fsp3) is 0.462. The van der Waals surface area contributed by atoms with Crippen molar-refractivity contribution in [3.63, 3.8) is 0 Å². The topological polar surface area (TPSA) is 21.6 Å². The molecule has 16 heavy (non-hydrogen) atoms. The van der Waals surface area contributed by atoms with Crippen LogP contribution in [0.3, 0.4) is 0 Å². The van der Waals surface area contributed by atoms with Gasteiger partial charge in [0.1, 0.15) is 0 Å². The molecule has 0 saturated carbocycles. The van der Waals surface area contributed by atoms with Gasteiger partial charge in [-0.2, -0.15) is 0 Å². The van der Waals surface area contributed by atoms with Crippen LogP contribution in [0.4, 0.5) is 0 Å². The van der Waals surface area contributed by atoms with Crippen molar-refractivity contribution in [2.75, 3.05) is 6.61 Å². The average Bonchev–Trinajstić information content (AvgIpc) is 2.69. The maximum absolute atomic E-state index is 5.02. The van der Waals surface area contributed by atoms with E-state index in [1.165, 1.54) is 5.56 Å². The Morgan fingerprint density at radius 1 is 1.19 bits per heavy atom. The zero-order chi connectivity index (χ0) is 11.6. The Hall–Kier alpha value is -0.511. The molecule has 1 aromatic carbocycles. The van der Waals surface area contributed by atoms with Crippen LogP contribution in [0.5, 0.6) is 0 Å². The molecule has 2 rings (SSSR count). The molecule has 0 unspecified atom stereocenters. The fourth-order valence-corrected chi connectivity index (χ4v) is 5.11. The number of nitrogens with zero attached hydrogens (tertiary/aromatic N) is 1. The molecule has 0 amide bonds. The van der Waals surface area contributed by atoms with Crippen molar-refractivity contribution in [1.29, 1.82) is 0 Å². The molecule has 1 aliphatic rings.